The second-order valence-corrected chi connectivity index (χ2v) is 4.61. The summed E-state index contributed by atoms with van der Waals surface area (Å²) in [6.45, 7) is 2.78. The molecule has 0 saturated heterocycles. The number of esters is 1. The Kier molecular flexibility index (Phi) is 20.1. The molecule has 0 aromatic rings. The molecular formula is C14H29NNaO2. The summed E-state index contributed by atoms with van der Waals surface area (Å²) in [5.74, 6) is -0.291. The van der Waals surface area contributed by atoms with E-state index in [2.05, 4.69) is 6.92 Å². The molecule has 0 spiro atoms. The van der Waals surface area contributed by atoms with E-state index < -0.39 is 0 Å². The zero-order valence-electron chi connectivity index (χ0n) is 12.4. The fourth-order valence-electron chi connectivity index (χ4n) is 1.83. The maximum atomic E-state index is 10.7. The number of hydrogen-bond acceptors (Lipinski definition) is 3. The molecule has 1 radical (unpaired) electrons. The van der Waals surface area contributed by atoms with Crippen LogP contribution in [0.3, 0.4) is 0 Å². The van der Waals surface area contributed by atoms with Crippen LogP contribution < -0.4 is 5.73 Å². The average Bonchev–Trinajstić information content (AvgIpc) is 2.35. The van der Waals surface area contributed by atoms with Gasteiger partial charge in [0.15, 0.2) is 0 Å². The molecule has 18 heavy (non-hydrogen) atoms. The van der Waals surface area contributed by atoms with Gasteiger partial charge in [0.2, 0.25) is 0 Å². The standard InChI is InChI=1S/C14H29NO2.Na/c1-2-3-4-5-6-7-8-9-10-11-12-17-14(16)13-15;/h2-13,15H2,1H3;. The largest absolute Gasteiger partial charge is 0.465 e. The van der Waals surface area contributed by atoms with Crippen LogP contribution >= 0.6 is 0 Å². The monoisotopic (exact) mass is 266 g/mol. The zero-order valence-corrected chi connectivity index (χ0v) is 14.4. The SMILES string of the molecule is CCCCCCCCCCCCOC(=O)CN.[Na]. The van der Waals surface area contributed by atoms with Crippen LogP contribution in [0.1, 0.15) is 71.1 Å². The van der Waals surface area contributed by atoms with Gasteiger partial charge in [-0.3, -0.25) is 4.79 Å². The molecule has 4 heteroatoms. The van der Waals surface area contributed by atoms with Gasteiger partial charge in [-0.15, -0.1) is 0 Å². The van der Waals surface area contributed by atoms with Crippen LogP contribution in [0.2, 0.25) is 0 Å². The number of hydrogen-bond donors (Lipinski definition) is 1. The van der Waals surface area contributed by atoms with Crippen molar-refractivity contribution in [1.82, 2.24) is 0 Å². The number of unbranched alkanes of at least 4 members (excludes halogenated alkanes) is 9. The van der Waals surface area contributed by atoms with E-state index >= 15 is 0 Å². The molecule has 2 N–H and O–H groups in total. The predicted molar refractivity (Wildman–Crippen MR) is 77.6 cm³/mol. The average molecular weight is 266 g/mol. The van der Waals surface area contributed by atoms with E-state index in [1.807, 2.05) is 0 Å². The van der Waals surface area contributed by atoms with E-state index in [1.54, 1.807) is 0 Å². The van der Waals surface area contributed by atoms with Gasteiger partial charge in [0.25, 0.3) is 0 Å². The summed E-state index contributed by atoms with van der Waals surface area (Å²) in [5.41, 5.74) is 5.13. The van der Waals surface area contributed by atoms with Crippen LogP contribution in [0.5, 0.6) is 0 Å². The van der Waals surface area contributed by atoms with Crippen molar-refractivity contribution in [3.63, 3.8) is 0 Å². The second kappa shape index (κ2) is 17.4. The third-order valence-electron chi connectivity index (χ3n) is 2.93. The molecule has 0 bridgehead atoms. The molecule has 0 aromatic heterocycles. The Morgan fingerprint density at radius 3 is 1.78 bits per heavy atom. The molecule has 0 rings (SSSR count). The predicted octanol–water partition coefficient (Wildman–Crippen LogP) is 3.03. The van der Waals surface area contributed by atoms with E-state index in [0.29, 0.717) is 6.61 Å². The minimum Gasteiger partial charge on any atom is -0.465 e. The number of rotatable bonds is 12. The number of carbonyl (C=O) groups excluding carboxylic acids is 1. The van der Waals surface area contributed by atoms with Crippen LogP contribution in [0.15, 0.2) is 0 Å². The summed E-state index contributed by atoms with van der Waals surface area (Å²) in [5, 5.41) is 0. The summed E-state index contributed by atoms with van der Waals surface area (Å²) < 4.78 is 4.90. The Labute approximate surface area is 135 Å². The van der Waals surface area contributed by atoms with Gasteiger partial charge in [-0.05, 0) is 6.42 Å². The van der Waals surface area contributed by atoms with Crippen molar-refractivity contribution < 1.29 is 9.53 Å². The minimum absolute atomic E-state index is 0. The third kappa shape index (κ3) is 16.4. The topological polar surface area (TPSA) is 52.3 Å². The molecule has 0 fully saturated rings. The van der Waals surface area contributed by atoms with E-state index in [-0.39, 0.29) is 42.1 Å². The molecule has 0 saturated carbocycles. The van der Waals surface area contributed by atoms with Gasteiger partial charge >= 0.3 is 5.97 Å². The Bertz CT molecular complexity index is 177. The van der Waals surface area contributed by atoms with Crippen molar-refractivity contribution in [1.29, 1.82) is 0 Å². The van der Waals surface area contributed by atoms with Gasteiger partial charge < -0.3 is 10.5 Å². The van der Waals surface area contributed by atoms with Gasteiger partial charge in [-0.2, -0.15) is 0 Å². The smallest absolute Gasteiger partial charge is 0.319 e. The van der Waals surface area contributed by atoms with Crippen LogP contribution in [0, 0.1) is 0 Å². The van der Waals surface area contributed by atoms with Crippen molar-refractivity contribution in [2.45, 2.75) is 71.1 Å². The van der Waals surface area contributed by atoms with E-state index in [9.17, 15) is 4.79 Å². The van der Waals surface area contributed by atoms with E-state index in [1.165, 1.54) is 51.4 Å². The van der Waals surface area contributed by atoms with Gasteiger partial charge in [-0.25, -0.2) is 0 Å². The molecule has 0 atom stereocenters. The molecule has 3 nitrogen and oxygen atoms in total. The van der Waals surface area contributed by atoms with Crippen LogP contribution in [0.25, 0.3) is 0 Å². The number of carbonyl (C=O) groups is 1. The van der Waals surface area contributed by atoms with Gasteiger partial charge in [0.1, 0.15) is 0 Å². The zero-order chi connectivity index (χ0) is 12.8. The van der Waals surface area contributed by atoms with Crippen molar-refractivity contribution in [3.8, 4) is 0 Å². The number of ether oxygens (including phenoxy) is 1. The van der Waals surface area contributed by atoms with E-state index in [0.717, 1.165) is 12.8 Å². The molecule has 103 valence electrons. The van der Waals surface area contributed by atoms with Crippen molar-refractivity contribution in [2.24, 2.45) is 5.73 Å². The Balaban J connectivity index is 0. The minimum atomic E-state index is -0.291. The third-order valence-corrected chi connectivity index (χ3v) is 2.93. The van der Waals surface area contributed by atoms with Gasteiger partial charge in [0, 0.05) is 29.6 Å². The maximum absolute atomic E-state index is 10.7. The summed E-state index contributed by atoms with van der Waals surface area (Å²) >= 11 is 0. The quantitative estimate of drug-likeness (QED) is 0.335. The van der Waals surface area contributed by atoms with Crippen LogP contribution in [-0.4, -0.2) is 48.7 Å². The summed E-state index contributed by atoms with van der Waals surface area (Å²) in [6, 6.07) is 0. The molecule has 0 aromatic carbocycles. The first-order valence-corrected chi connectivity index (χ1v) is 7.17. The molecule has 0 aliphatic rings. The fourth-order valence-corrected chi connectivity index (χ4v) is 1.83. The first kappa shape index (κ1) is 20.7. The summed E-state index contributed by atoms with van der Waals surface area (Å²) in [7, 11) is 0. The molecule has 0 unspecified atom stereocenters. The molecule has 0 amide bonds. The van der Waals surface area contributed by atoms with Crippen molar-refractivity contribution in [2.75, 3.05) is 13.2 Å². The Hall–Kier alpha value is 0.430. The van der Waals surface area contributed by atoms with Crippen LogP contribution in [0.4, 0.5) is 0 Å². The normalized spacial score (nSPS) is 9.89. The van der Waals surface area contributed by atoms with Crippen molar-refractivity contribution >= 4 is 35.5 Å². The number of nitrogens with two attached hydrogens (primary N) is 1. The second-order valence-electron chi connectivity index (χ2n) is 4.61. The molecule has 0 heterocycles. The first-order chi connectivity index (χ1) is 8.31. The van der Waals surface area contributed by atoms with Crippen LogP contribution in [-0.2, 0) is 9.53 Å². The molecule has 0 aliphatic carbocycles. The Morgan fingerprint density at radius 2 is 1.33 bits per heavy atom. The Morgan fingerprint density at radius 1 is 0.889 bits per heavy atom. The molecule has 0 aliphatic heterocycles. The summed E-state index contributed by atoms with van der Waals surface area (Å²) in [6.07, 6.45) is 12.9. The van der Waals surface area contributed by atoms with Gasteiger partial charge in [0.05, 0.1) is 13.2 Å². The maximum Gasteiger partial charge on any atom is 0.319 e. The van der Waals surface area contributed by atoms with Gasteiger partial charge in [-0.1, -0.05) is 64.7 Å². The van der Waals surface area contributed by atoms with E-state index in [4.69, 9.17) is 10.5 Å². The fraction of sp³-hybridized carbons (Fsp3) is 0.929. The van der Waals surface area contributed by atoms with Crippen molar-refractivity contribution in [3.05, 3.63) is 0 Å². The summed E-state index contributed by atoms with van der Waals surface area (Å²) in [4.78, 5) is 10.7. The molecular weight excluding hydrogens is 237 g/mol. The first-order valence-electron chi connectivity index (χ1n) is 7.17.